The molecule has 1 nitrogen and oxygen atoms in total. The smallest absolute Gasteiger partial charge is 0.0824 e. The molecule has 0 heterocycles. The fourth-order valence-corrected chi connectivity index (χ4v) is 1.76. The first-order valence-electron chi connectivity index (χ1n) is 4.35. The van der Waals surface area contributed by atoms with E-state index in [0.717, 1.165) is 5.56 Å². The number of hydrogen-bond donors (Lipinski definition) is 1. The van der Waals surface area contributed by atoms with Crippen LogP contribution in [-0.2, 0) is 0 Å². The topological polar surface area (TPSA) is 20.2 Å². The van der Waals surface area contributed by atoms with E-state index in [1.165, 1.54) is 3.57 Å². The van der Waals surface area contributed by atoms with E-state index in [2.05, 4.69) is 22.6 Å². The van der Waals surface area contributed by atoms with E-state index < -0.39 is 0 Å². The lowest BCUT2D eigenvalue weighted by Crippen LogP contribution is -1.94. The van der Waals surface area contributed by atoms with Gasteiger partial charge in [0.25, 0.3) is 0 Å². The fourth-order valence-electron chi connectivity index (χ4n) is 1.10. The molecule has 1 N–H and O–H groups in total. The highest BCUT2D eigenvalue weighted by Gasteiger charge is 2.04. The fraction of sp³-hybridized carbons (Fsp3) is 0.273. The van der Waals surface area contributed by atoms with Crippen molar-refractivity contribution in [2.75, 3.05) is 6.26 Å². The lowest BCUT2D eigenvalue weighted by atomic mass is 10.1. The van der Waals surface area contributed by atoms with Crippen LogP contribution >= 0.6 is 34.4 Å². The maximum Gasteiger partial charge on any atom is 0.0824 e. The zero-order valence-corrected chi connectivity index (χ0v) is 11.0. The van der Waals surface area contributed by atoms with Crippen molar-refractivity contribution in [3.05, 3.63) is 44.9 Å². The summed E-state index contributed by atoms with van der Waals surface area (Å²) in [6.45, 7) is 0. The Morgan fingerprint density at radius 1 is 1.43 bits per heavy atom. The van der Waals surface area contributed by atoms with Crippen LogP contribution in [0.5, 0.6) is 0 Å². The lowest BCUT2D eigenvalue weighted by Gasteiger charge is -2.07. The van der Waals surface area contributed by atoms with Crippen LogP contribution in [0.2, 0.25) is 0 Å². The van der Waals surface area contributed by atoms with Crippen LogP contribution in [0, 0.1) is 3.57 Å². The molecule has 76 valence electrons. The van der Waals surface area contributed by atoms with E-state index in [-0.39, 0.29) is 6.10 Å². The number of thioether (sulfide) groups is 1. The molecule has 0 fully saturated rings. The van der Waals surface area contributed by atoms with Gasteiger partial charge < -0.3 is 5.11 Å². The number of benzene rings is 1. The van der Waals surface area contributed by atoms with Crippen molar-refractivity contribution in [2.45, 2.75) is 12.5 Å². The summed E-state index contributed by atoms with van der Waals surface area (Å²) in [5, 5.41) is 11.8. The highest BCUT2D eigenvalue weighted by molar-refractivity contribution is 14.1. The van der Waals surface area contributed by atoms with Crippen molar-refractivity contribution >= 4 is 34.4 Å². The van der Waals surface area contributed by atoms with Crippen molar-refractivity contribution in [2.24, 2.45) is 0 Å². The van der Waals surface area contributed by atoms with Gasteiger partial charge in [-0.05, 0) is 58.4 Å². The highest BCUT2D eigenvalue weighted by Crippen LogP contribution is 2.18. The van der Waals surface area contributed by atoms with E-state index in [1.807, 2.05) is 42.0 Å². The molecule has 1 aromatic rings. The monoisotopic (exact) mass is 320 g/mol. The SMILES string of the molecule is CS/C=C/CC(O)c1ccc(I)cc1. The Morgan fingerprint density at radius 2 is 2.07 bits per heavy atom. The van der Waals surface area contributed by atoms with Crippen LogP contribution in [0.25, 0.3) is 0 Å². The summed E-state index contributed by atoms with van der Waals surface area (Å²) in [6, 6.07) is 7.97. The van der Waals surface area contributed by atoms with Crippen LogP contribution in [0.1, 0.15) is 18.1 Å². The standard InChI is InChI=1S/C11H13IOS/c1-14-8-2-3-11(13)9-4-6-10(12)7-5-9/h2,4-8,11,13H,3H2,1H3/b8-2+. The van der Waals surface area contributed by atoms with Gasteiger partial charge in [-0.15, -0.1) is 11.8 Å². The Balaban J connectivity index is 2.56. The molecular formula is C11H13IOS. The van der Waals surface area contributed by atoms with Crippen molar-refractivity contribution in [3.63, 3.8) is 0 Å². The molecule has 0 amide bonds. The third-order valence-electron chi connectivity index (χ3n) is 1.85. The van der Waals surface area contributed by atoms with Crippen molar-refractivity contribution in [1.82, 2.24) is 0 Å². The molecule has 3 heteroatoms. The summed E-state index contributed by atoms with van der Waals surface area (Å²) in [5.41, 5.74) is 0.983. The first-order chi connectivity index (χ1) is 6.74. The number of aliphatic hydroxyl groups excluding tert-OH is 1. The average molecular weight is 320 g/mol. The predicted octanol–water partition coefficient (Wildman–Crippen LogP) is 3.59. The molecule has 0 aliphatic rings. The van der Waals surface area contributed by atoms with Crippen LogP contribution in [0.3, 0.4) is 0 Å². The zero-order valence-electron chi connectivity index (χ0n) is 7.98. The Morgan fingerprint density at radius 3 is 2.64 bits per heavy atom. The minimum Gasteiger partial charge on any atom is -0.388 e. The summed E-state index contributed by atoms with van der Waals surface area (Å²) in [5.74, 6) is 0. The van der Waals surface area contributed by atoms with Crippen LogP contribution in [0.15, 0.2) is 35.7 Å². The highest BCUT2D eigenvalue weighted by atomic mass is 127. The summed E-state index contributed by atoms with van der Waals surface area (Å²) in [6.07, 6.45) is 4.30. The lowest BCUT2D eigenvalue weighted by molar-refractivity contribution is 0.181. The molecule has 14 heavy (non-hydrogen) atoms. The summed E-state index contributed by atoms with van der Waals surface area (Å²) in [7, 11) is 0. The minimum atomic E-state index is -0.379. The molecule has 1 atom stereocenters. The van der Waals surface area contributed by atoms with E-state index in [9.17, 15) is 5.11 Å². The number of aliphatic hydroxyl groups is 1. The second kappa shape index (κ2) is 6.48. The van der Waals surface area contributed by atoms with Crippen molar-refractivity contribution in [3.8, 4) is 0 Å². The second-order valence-electron chi connectivity index (χ2n) is 2.91. The van der Waals surface area contributed by atoms with E-state index in [1.54, 1.807) is 11.8 Å². The predicted molar refractivity (Wildman–Crippen MR) is 71.4 cm³/mol. The van der Waals surface area contributed by atoms with E-state index in [0.29, 0.717) is 6.42 Å². The Labute approximate surface area is 103 Å². The first kappa shape index (κ1) is 12.1. The zero-order chi connectivity index (χ0) is 10.4. The van der Waals surface area contributed by atoms with Gasteiger partial charge in [-0.25, -0.2) is 0 Å². The molecule has 1 unspecified atom stereocenters. The molecule has 0 saturated carbocycles. The van der Waals surface area contributed by atoms with Gasteiger partial charge in [0.1, 0.15) is 0 Å². The quantitative estimate of drug-likeness (QED) is 0.856. The number of halogens is 1. The third-order valence-corrected chi connectivity index (χ3v) is 3.03. The molecule has 0 saturated heterocycles. The molecule has 0 aliphatic heterocycles. The Hall–Kier alpha value is -0.000000000000000111. The molecule has 1 rings (SSSR count). The average Bonchev–Trinajstić information content (AvgIpc) is 2.19. The molecule has 0 bridgehead atoms. The summed E-state index contributed by atoms with van der Waals surface area (Å²) < 4.78 is 1.19. The first-order valence-corrected chi connectivity index (χ1v) is 6.72. The minimum absolute atomic E-state index is 0.379. The van der Waals surface area contributed by atoms with Gasteiger partial charge in [0.15, 0.2) is 0 Å². The van der Waals surface area contributed by atoms with Gasteiger partial charge in [-0.3, -0.25) is 0 Å². The van der Waals surface area contributed by atoms with Gasteiger partial charge in [-0.2, -0.15) is 0 Å². The number of rotatable bonds is 4. The molecule has 0 spiro atoms. The molecule has 0 aliphatic carbocycles. The van der Waals surface area contributed by atoms with Crippen LogP contribution in [-0.4, -0.2) is 11.4 Å². The molecule has 1 aromatic carbocycles. The molecule has 0 aromatic heterocycles. The summed E-state index contributed by atoms with van der Waals surface area (Å²) >= 11 is 3.90. The van der Waals surface area contributed by atoms with Crippen LogP contribution < -0.4 is 0 Å². The van der Waals surface area contributed by atoms with Gasteiger partial charge >= 0.3 is 0 Å². The van der Waals surface area contributed by atoms with Gasteiger partial charge in [0.05, 0.1) is 6.10 Å². The Kier molecular flexibility index (Phi) is 5.59. The summed E-state index contributed by atoms with van der Waals surface area (Å²) in [4.78, 5) is 0. The largest absolute Gasteiger partial charge is 0.388 e. The maximum atomic E-state index is 9.78. The number of hydrogen-bond acceptors (Lipinski definition) is 2. The van der Waals surface area contributed by atoms with Gasteiger partial charge in [0, 0.05) is 3.57 Å². The van der Waals surface area contributed by atoms with Gasteiger partial charge in [0.2, 0.25) is 0 Å². The normalized spacial score (nSPS) is 13.4. The maximum absolute atomic E-state index is 9.78. The molecular weight excluding hydrogens is 307 g/mol. The Bertz CT molecular complexity index is 295. The van der Waals surface area contributed by atoms with Crippen molar-refractivity contribution < 1.29 is 5.11 Å². The van der Waals surface area contributed by atoms with Crippen LogP contribution in [0.4, 0.5) is 0 Å². The molecule has 0 radical (unpaired) electrons. The third kappa shape index (κ3) is 4.02. The van der Waals surface area contributed by atoms with E-state index in [4.69, 9.17) is 0 Å². The van der Waals surface area contributed by atoms with Crippen molar-refractivity contribution in [1.29, 1.82) is 0 Å². The van der Waals surface area contributed by atoms with Gasteiger partial charge in [-0.1, -0.05) is 18.2 Å². The van der Waals surface area contributed by atoms with E-state index >= 15 is 0 Å². The second-order valence-corrected chi connectivity index (χ2v) is 4.90.